The highest BCUT2D eigenvalue weighted by Crippen LogP contribution is 2.39. The fraction of sp³-hybridized carbons (Fsp3) is 0.543. The third kappa shape index (κ3) is 8.76. The number of benzene rings is 2. The van der Waals surface area contributed by atoms with Crippen LogP contribution in [0.2, 0.25) is 5.02 Å². The van der Waals surface area contributed by atoms with Crippen LogP contribution in [0.5, 0.6) is 0 Å². The first-order chi connectivity index (χ1) is 28.0. The standard InChI is InChI=1S/C46H58ClN7O4/c1-28-33(11-6-13-35(28)50-44(55)43-49-38-27-54(26-31-16-17-31)25-24-40(38)53(43)3)34-12-7-15-37(41(34)47)51-45(56)42-48-36-14-5-10-29(20-23-39(36)52(42)2)8-4-9-30-18-21-32(22-19-30)46(57)58/h6-7,11-13,15,29-32H,4-5,8-10,14,16-27H2,1-3H3,(H,50,55)(H,51,56)(H,57,58)/t29?,30-,32-. The van der Waals surface area contributed by atoms with E-state index in [2.05, 4.69) is 15.5 Å². The lowest BCUT2D eigenvalue weighted by Crippen LogP contribution is -2.32. The summed E-state index contributed by atoms with van der Waals surface area (Å²) in [4.78, 5) is 51.0. The first-order valence-corrected chi connectivity index (χ1v) is 22.0. The number of aromatic nitrogens is 4. The molecule has 1 atom stereocenters. The van der Waals surface area contributed by atoms with Gasteiger partial charge in [0.2, 0.25) is 0 Å². The molecule has 12 heteroatoms. The fourth-order valence-corrected chi connectivity index (χ4v) is 10.2. The molecule has 0 saturated heterocycles. The number of aliphatic carboxylic acids is 1. The van der Waals surface area contributed by atoms with Crippen molar-refractivity contribution < 1.29 is 19.5 Å². The van der Waals surface area contributed by atoms with Gasteiger partial charge in [0.1, 0.15) is 0 Å². The number of aryl methyl sites for hydroxylation is 1. The Hall–Kier alpha value is -4.48. The fourth-order valence-electron chi connectivity index (χ4n) is 9.89. The van der Waals surface area contributed by atoms with Crippen LogP contribution in [0.15, 0.2) is 36.4 Å². The molecule has 2 aromatic heterocycles. The molecular formula is C46H58ClN7O4. The van der Waals surface area contributed by atoms with Crippen LogP contribution < -0.4 is 10.6 Å². The summed E-state index contributed by atoms with van der Waals surface area (Å²) in [6.45, 7) is 4.87. The lowest BCUT2D eigenvalue weighted by molar-refractivity contribution is -0.143. The average molecular weight is 808 g/mol. The lowest BCUT2D eigenvalue weighted by atomic mass is 9.79. The molecule has 4 aromatic rings. The normalized spacial score (nSPS) is 21.1. The SMILES string of the molecule is Cc1c(NC(=O)c2nc3c(n2C)CCN(CC2CC2)C3)cccc1-c1cccc(NC(=O)c2nc3c(n2C)CCC(CCC[C@H]2CC[C@H](C(=O)O)CC2)CCC3)c1Cl. The highest BCUT2D eigenvalue weighted by molar-refractivity contribution is 6.36. The topological polar surface area (TPSA) is 134 Å². The number of carbonyl (C=O) groups excluding carboxylic acids is 2. The van der Waals surface area contributed by atoms with Crippen LogP contribution in [0.4, 0.5) is 11.4 Å². The molecule has 58 heavy (non-hydrogen) atoms. The number of amides is 2. The predicted molar refractivity (Wildman–Crippen MR) is 227 cm³/mol. The molecule has 4 aliphatic rings. The first kappa shape index (κ1) is 40.3. The van der Waals surface area contributed by atoms with Crippen LogP contribution in [0.3, 0.4) is 0 Å². The van der Waals surface area contributed by atoms with Gasteiger partial charge < -0.3 is 24.9 Å². The number of carbonyl (C=O) groups is 3. The molecule has 8 rings (SSSR count). The highest BCUT2D eigenvalue weighted by atomic mass is 35.5. The number of hydrogen-bond donors (Lipinski definition) is 3. The molecule has 0 bridgehead atoms. The summed E-state index contributed by atoms with van der Waals surface area (Å²) in [5.74, 6) is 1.60. The molecule has 3 heterocycles. The van der Waals surface area contributed by atoms with Crippen molar-refractivity contribution in [3.63, 3.8) is 0 Å². The Bertz CT molecular complexity index is 2180. The molecule has 2 aromatic carbocycles. The molecule has 2 saturated carbocycles. The van der Waals surface area contributed by atoms with E-state index in [4.69, 9.17) is 21.6 Å². The number of nitrogens with one attached hydrogen (secondary N) is 2. The zero-order valence-corrected chi connectivity index (χ0v) is 35.0. The van der Waals surface area contributed by atoms with Crippen molar-refractivity contribution in [1.82, 2.24) is 24.0 Å². The molecule has 3 aliphatic carbocycles. The Morgan fingerprint density at radius 3 is 2.03 bits per heavy atom. The second-order valence-electron chi connectivity index (χ2n) is 17.5. The van der Waals surface area contributed by atoms with Gasteiger partial charge in [0.15, 0.2) is 11.6 Å². The number of fused-ring (bicyclic) bond motifs is 2. The number of rotatable bonds is 12. The van der Waals surface area contributed by atoms with Gasteiger partial charge in [0.25, 0.3) is 11.8 Å². The molecule has 2 amide bonds. The van der Waals surface area contributed by atoms with Crippen molar-refractivity contribution in [2.45, 2.75) is 110 Å². The Labute approximate surface area is 347 Å². The lowest BCUT2D eigenvalue weighted by Gasteiger charge is -2.27. The number of anilines is 2. The van der Waals surface area contributed by atoms with E-state index in [0.29, 0.717) is 39.9 Å². The molecule has 308 valence electrons. The van der Waals surface area contributed by atoms with Crippen LogP contribution >= 0.6 is 11.6 Å². The minimum Gasteiger partial charge on any atom is -0.481 e. The maximum Gasteiger partial charge on any atom is 0.306 e. The van der Waals surface area contributed by atoms with E-state index in [0.717, 1.165) is 123 Å². The smallest absolute Gasteiger partial charge is 0.306 e. The summed E-state index contributed by atoms with van der Waals surface area (Å²) in [6.07, 6.45) is 15.9. The van der Waals surface area contributed by atoms with E-state index >= 15 is 0 Å². The summed E-state index contributed by atoms with van der Waals surface area (Å²) in [6, 6.07) is 11.4. The van der Waals surface area contributed by atoms with Crippen molar-refractivity contribution in [1.29, 1.82) is 0 Å². The van der Waals surface area contributed by atoms with E-state index in [1.807, 2.05) is 60.5 Å². The molecule has 2 fully saturated rings. The maximum atomic E-state index is 13.8. The monoisotopic (exact) mass is 807 g/mol. The number of imidazole rings is 2. The minimum atomic E-state index is -0.632. The van der Waals surface area contributed by atoms with Crippen LogP contribution in [0.1, 0.15) is 127 Å². The molecule has 0 spiro atoms. The molecular weight excluding hydrogens is 750 g/mol. The third-order valence-electron chi connectivity index (χ3n) is 13.6. The van der Waals surface area contributed by atoms with Gasteiger partial charge in [-0.05, 0) is 112 Å². The van der Waals surface area contributed by atoms with Crippen LogP contribution in [0.25, 0.3) is 11.1 Å². The van der Waals surface area contributed by atoms with Gasteiger partial charge in [-0.2, -0.15) is 0 Å². The number of nitrogens with zero attached hydrogens (tertiary/aromatic N) is 5. The van der Waals surface area contributed by atoms with Crippen LogP contribution in [-0.2, 0) is 44.7 Å². The largest absolute Gasteiger partial charge is 0.481 e. The van der Waals surface area contributed by atoms with Gasteiger partial charge in [-0.1, -0.05) is 61.5 Å². The van der Waals surface area contributed by atoms with Crippen molar-refractivity contribution in [3.05, 3.63) is 81.4 Å². The number of hydrogen-bond acceptors (Lipinski definition) is 6. The summed E-state index contributed by atoms with van der Waals surface area (Å²) >= 11 is 7.07. The van der Waals surface area contributed by atoms with Gasteiger partial charge in [0.05, 0.1) is 28.0 Å². The van der Waals surface area contributed by atoms with Crippen LogP contribution in [0, 0.1) is 30.6 Å². The summed E-state index contributed by atoms with van der Waals surface area (Å²) < 4.78 is 3.91. The van der Waals surface area contributed by atoms with Crippen molar-refractivity contribution >= 4 is 40.8 Å². The highest BCUT2D eigenvalue weighted by Gasteiger charge is 2.31. The quantitative estimate of drug-likeness (QED) is 0.130. The van der Waals surface area contributed by atoms with Gasteiger partial charge in [-0.25, -0.2) is 9.97 Å². The van der Waals surface area contributed by atoms with Gasteiger partial charge >= 0.3 is 5.97 Å². The van der Waals surface area contributed by atoms with Crippen molar-refractivity contribution in [2.75, 3.05) is 23.7 Å². The molecule has 3 N–H and O–H groups in total. The second kappa shape index (κ2) is 17.4. The Balaban J connectivity index is 0.900. The summed E-state index contributed by atoms with van der Waals surface area (Å²) in [5.41, 5.74) is 7.93. The zero-order chi connectivity index (χ0) is 40.5. The van der Waals surface area contributed by atoms with Gasteiger partial charge in [-0.15, -0.1) is 0 Å². The zero-order valence-electron chi connectivity index (χ0n) is 34.3. The minimum absolute atomic E-state index is 0.148. The predicted octanol–water partition coefficient (Wildman–Crippen LogP) is 9.00. The molecule has 1 unspecified atom stereocenters. The van der Waals surface area contributed by atoms with Crippen molar-refractivity contribution in [2.24, 2.45) is 37.8 Å². The van der Waals surface area contributed by atoms with E-state index < -0.39 is 5.97 Å². The molecule has 11 nitrogen and oxygen atoms in total. The third-order valence-corrected chi connectivity index (χ3v) is 14.0. The van der Waals surface area contributed by atoms with Crippen molar-refractivity contribution in [3.8, 4) is 11.1 Å². The average Bonchev–Trinajstić information content (AvgIpc) is 3.88. The Kier molecular flexibility index (Phi) is 12.1. The Morgan fingerprint density at radius 1 is 0.741 bits per heavy atom. The molecule has 0 radical (unpaired) electrons. The van der Waals surface area contributed by atoms with Crippen LogP contribution in [-0.4, -0.2) is 60.0 Å². The number of carboxylic acid groups (broad SMARTS) is 1. The van der Waals surface area contributed by atoms with Gasteiger partial charge in [-0.3, -0.25) is 19.3 Å². The maximum absolute atomic E-state index is 13.8. The molecule has 1 aliphatic heterocycles. The van der Waals surface area contributed by atoms with E-state index in [1.165, 1.54) is 38.5 Å². The van der Waals surface area contributed by atoms with E-state index in [1.54, 1.807) is 6.07 Å². The first-order valence-electron chi connectivity index (χ1n) is 21.6. The van der Waals surface area contributed by atoms with Gasteiger partial charge in [0, 0.05) is 62.8 Å². The number of carboxylic acids is 1. The summed E-state index contributed by atoms with van der Waals surface area (Å²) in [7, 11) is 3.87. The van der Waals surface area contributed by atoms with E-state index in [-0.39, 0.29) is 17.7 Å². The summed E-state index contributed by atoms with van der Waals surface area (Å²) in [5, 5.41) is 15.9. The Morgan fingerprint density at radius 2 is 1.34 bits per heavy atom. The second-order valence-corrected chi connectivity index (χ2v) is 17.9. The number of halogens is 1. The van der Waals surface area contributed by atoms with E-state index in [9.17, 15) is 19.5 Å².